The number of aliphatic imine (C=N–C) groups is 1. The third-order valence-corrected chi connectivity index (χ3v) is 4.46. The fourth-order valence-electron chi connectivity index (χ4n) is 3.07. The molecule has 1 aromatic rings. The lowest BCUT2D eigenvalue weighted by molar-refractivity contribution is 0.141. The minimum atomic E-state index is 0.232. The van der Waals surface area contributed by atoms with Crippen LogP contribution in [-0.4, -0.2) is 57.3 Å². The highest BCUT2D eigenvalue weighted by Crippen LogP contribution is 2.16. The van der Waals surface area contributed by atoms with Gasteiger partial charge >= 0.3 is 0 Å². The first-order valence-electron chi connectivity index (χ1n) is 8.49. The zero-order valence-corrected chi connectivity index (χ0v) is 14.6. The van der Waals surface area contributed by atoms with Gasteiger partial charge < -0.3 is 15.4 Å². The van der Waals surface area contributed by atoms with Crippen molar-refractivity contribution in [2.45, 2.75) is 31.8 Å². The molecule has 1 aromatic carbocycles. The van der Waals surface area contributed by atoms with Gasteiger partial charge in [0.15, 0.2) is 5.96 Å². The lowest BCUT2D eigenvalue weighted by Crippen LogP contribution is -2.46. The van der Waals surface area contributed by atoms with Crippen molar-refractivity contribution in [2.75, 3.05) is 40.4 Å². The summed E-state index contributed by atoms with van der Waals surface area (Å²) < 4.78 is 5.20. The number of nitrogens with one attached hydrogen (secondary N) is 2. The van der Waals surface area contributed by atoms with Crippen LogP contribution >= 0.6 is 0 Å². The van der Waals surface area contributed by atoms with Gasteiger partial charge in [0.25, 0.3) is 0 Å². The minimum absolute atomic E-state index is 0.232. The number of rotatable bonds is 7. The molecule has 0 radical (unpaired) electrons. The van der Waals surface area contributed by atoms with Crippen molar-refractivity contribution in [3.63, 3.8) is 0 Å². The van der Waals surface area contributed by atoms with Crippen LogP contribution < -0.4 is 10.6 Å². The zero-order valence-electron chi connectivity index (χ0n) is 14.6. The molecule has 128 valence electrons. The number of benzene rings is 1. The van der Waals surface area contributed by atoms with Crippen molar-refractivity contribution >= 4 is 5.96 Å². The molecule has 0 aliphatic carbocycles. The average molecular weight is 318 g/mol. The summed E-state index contributed by atoms with van der Waals surface area (Å²) in [6.07, 6.45) is 2.50. The van der Waals surface area contributed by atoms with Crippen molar-refractivity contribution in [3.05, 3.63) is 35.9 Å². The Kier molecular flexibility index (Phi) is 7.36. The average Bonchev–Trinajstić information content (AvgIpc) is 3.04. The van der Waals surface area contributed by atoms with Crippen LogP contribution in [-0.2, 0) is 4.74 Å². The highest BCUT2D eigenvalue weighted by Gasteiger charge is 2.24. The number of likely N-dealkylation sites (tertiary alicyclic amines) is 1. The van der Waals surface area contributed by atoms with E-state index in [9.17, 15) is 0 Å². The van der Waals surface area contributed by atoms with Crippen LogP contribution in [0.5, 0.6) is 0 Å². The summed E-state index contributed by atoms with van der Waals surface area (Å²) in [6.45, 7) is 6.06. The Morgan fingerprint density at radius 3 is 2.87 bits per heavy atom. The van der Waals surface area contributed by atoms with Crippen molar-refractivity contribution < 1.29 is 4.74 Å². The van der Waals surface area contributed by atoms with Gasteiger partial charge in [-0.05, 0) is 31.9 Å². The second-order valence-electron chi connectivity index (χ2n) is 6.05. The largest absolute Gasteiger partial charge is 0.383 e. The number of guanidine groups is 1. The molecule has 0 amide bonds. The second kappa shape index (κ2) is 9.53. The van der Waals surface area contributed by atoms with Crippen LogP contribution in [0.25, 0.3) is 0 Å². The Hall–Kier alpha value is -1.59. The van der Waals surface area contributed by atoms with E-state index >= 15 is 0 Å². The summed E-state index contributed by atoms with van der Waals surface area (Å²) in [4.78, 5) is 6.86. The molecule has 0 aromatic heterocycles. The summed E-state index contributed by atoms with van der Waals surface area (Å²) >= 11 is 0. The monoisotopic (exact) mass is 318 g/mol. The molecule has 2 atom stereocenters. The number of methoxy groups -OCH3 is 1. The van der Waals surface area contributed by atoms with Gasteiger partial charge in [-0.3, -0.25) is 9.89 Å². The van der Waals surface area contributed by atoms with Gasteiger partial charge in [0.1, 0.15) is 0 Å². The number of hydrogen-bond acceptors (Lipinski definition) is 3. The van der Waals surface area contributed by atoms with Crippen LogP contribution in [0.15, 0.2) is 35.3 Å². The highest BCUT2D eigenvalue weighted by molar-refractivity contribution is 5.80. The molecule has 2 rings (SSSR count). The molecule has 1 aliphatic rings. The van der Waals surface area contributed by atoms with Crippen LogP contribution in [0.3, 0.4) is 0 Å². The van der Waals surface area contributed by atoms with Crippen LogP contribution in [0.2, 0.25) is 0 Å². The van der Waals surface area contributed by atoms with Gasteiger partial charge in [-0.25, -0.2) is 0 Å². The molecule has 0 saturated carbocycles. The topological polar surface area (TPSA) is 48.9 Å². The smallest absolute Gasteiger partial charge is 0.191 e. The molecule has 5 heteroatoms. The predicted octanol–water partition coefficient (Wildman–Crippen LogP) is 2.02. The van der Waals surface area contributed by atoms with E-state index in [0.717, 1.165) is 25.7 Å². The van der Waals surface area contributed by atoms with Crippen molar-refractivity contribution in [3.8, 4) is 0 Å². The van der Waals surface area contributed by atoms with Gasteiger partial charge in [-0.15, -0.1) is 0 Å². The van der Waals surface area contributed by atoms with E-state index in [1.54, 1.807) is 7.11 Å². The van der Waals surface area contributed by atoms with Gasteiger partial charge in [0, 0.05) is 33.3 Å². The Morgan fingerprint density at radius 1 is 1.39 bits per heavy atom. The Balaban J connectivity index is 1.81. The molecular formula is C18H30N4O. The molecule has 0 spiro atoms. The second-order valence-corrected chi connectivity index (χ2v) is 6.05. The molecule has 2 unspecified atom stereocenters. The van der Waals surface area contributed by atoms with Crippen LogP contribution in [0, 0.1) is 0 Å². The maximum atomic E-state index is 5.20. The minimum Gasteiger partial charge on any atom is -0.383 e. The van der Waals surface area contributed by atoms with Crippen LogP contribution in [0.4, 0.5) is 0 Å². The van der Waals surface area contributed by atoms with Gasteiger partial charge in [0.2, 0.25) is 0 Å². The van der Waals surface area contributed by atoms with Crippen LogP contribution in [0.1, 0.15) is 31.4 Å². The van der Waals surface area contributed by atoms with E-state index in [1.807, 2.05) is 13.1 Å². The zero-order chi connectivity index (χ0) is 16.5. The molecule has 1 aliphatic heterocycles. The Labute approximate surface area is 140 Å². The van der Waals surface area contributed by atoms with E-state index in [-0.39, 0.29) is 6.04 Å². The van der Waals surface area contributed by atoms with Crippen molar-refractivity contribution in [1.29, 1.82) is 0 Å². The number of hydrogen-bond donors (Lipinski definition) is 2. The molecule has 1 fully saturated rings. The Morgan fingerprint density at radius 2 is 2.17 bits per heavy atom. The van der Waals surface area contributed by atoms with E-state index in [1.165, 1.54) is 24.9 Å². The summed E-state index contributed by atoms with van der Waals surface area (Å²) in [6, 6.07) is 11.2. The predicted molar refractivity (Wildman–Crippen MR) is 95.8 cm³/mol. The maximum Gasteiger partial charge on any atom is 0.191 e. The quantitative estimate of drug-likeness (QED) is 0.596. The highest BCUT2D eigenvalue weighted by atomic mass is 16.5. The van der Waals surface area contributed by atoms with Gasteiger partial charge in [0.05, 0.1) is 12.6 Å². The third-order valence-electron chi connectivity index (χ3n) is 4.46. The maximum absolute atomic E-state index is 5.20. The molecule has 0 bridgehead atoms. The molecule has 1 saturated heterocycles. The first kappa shape index (κ1) is 17.8. The summed E-state index contributed by atoms with van der Waals surface area (Å²) in [5.41, 5.74) is 1.26. The van der Waals surface area contributed by atoms with Gasteiger partial charge in [-0.1, -0.05) is 30.3 Å². The van der Waals surface area contributed by atoms with E-state index in [2.05, 4.69) is 51.7 Å². The summed E-state index contributed by atoms with van der Waals surface area (Å²) in [5, 5.41) is 6.94. The van der Waals surface area contributed by atoms with Crippen molar-refractivity contribution in [1.82, 2.24) is 15.5 Å². The Bertz CT molecular complexity index is 477. The van der Waals surface area contributed by atoms with E-state index in [0.29, 0.717) is 6.04 Å². The summed E-state index contributed by atoms with van der Waals surface area (Å²) in [7, 11) is 3.59. The summed E-state index contributed by atoms with van der Waals surface area (Å²) in [5.74, 6) is 0.861. The van der Waals surface area contributed by atoms with Gasteiger partial charge in [-0.2, -0.15) is 0 Å². The fraction of sp³-hybridized carbons (Fsp3) is 0.611. The van der Waals surface area contributed by atoms with E-state index < -0.39 is 0 Å². The first-order valence-corrected chi connectivity index (χ1v) is 8.49. The third kappa shape index (κ3) is 5.52. The molecule has 5 nitrogen and oxygen atoms in total. The van der Waals surface area contributed by atoms with E-state index in [4.69, 9.17) is 4.74 Å². The normalized spacial score (nSPS) is 20.5. The molecule has 1 heterocycles. The van der Waals surface area contributed by atoms with Crippen molar-refractivity contribution in [2.24, 2.45) is 4.99 Å². The number of ether oxygens (including phenoxy) is 1. The molecule has 23 heavy (non-hydrogen) atoms. The fourth-order valence-corrected chi connectivity index (χ4v) is 3.07. The first-order chi connectivity index (χ1) is 11.2. The lowest BCUT2D eigenvalue weighted by Gasteiger charge is -2.26. The standard InChI is InChI=1S/C18H30N4O/c1-15(16-8-5-4-6-9-16)21-18(19-2)20-14-17-10-7-11-22(17)12-13-23-3/h4-6,8-9,15,17H,7,10-14H2,1-3H3,(H2,19,20,21). The molecule has 2 N–H and O–H groups in total. The SMILES string of the molecule is CN=C(NCC1CCCN1CCOC)NC(C)c1ccccc1. The molecular weight excluding hydrogens is 288 g/mol. The lowest BCUT2D eigenvalue weighted by atomic mass is 10.1. The number of nitrogens with zero attached hydrogens (tertiary/aromatic N) is 2.